The van der Waals surface area contributed by atoms with E-state index in [0.29, 0.717) is 43.4 Å². The summed E-state index contributed by atoms with van der Waals surface area (Å²) in [6, 6.07) is 0. The zero-order valence-corrected chi connectivity index (χ0v) is 60.6. The van der Waals surface area contributed by atoms with Gasteiger partial charge in [-0.25, -0.2) is 9.13 Å². The third-order valence-corrected chi connectivity index (χ3v) is 18.6. The van der Waals surface area contributed by atoms with E-state index in [0.717, 1.165) is 102 Å². The third kappa shape index (κ3) is 63.5. The van der Waals surface area contributed by atoms with Crippen LogP contribution >= 0.6 is 15.6 Å². The summed E-state index contributed by atoms with van der Waals surface area (Å²) in [7, 11) is -9.90. The van der Waals surface area contributed by atoms with E-state index in [9.17, 15) is 43.2 Å². The first-order chi connectivity index (χ1) is 43.1. The maximum atomic E-state index is 13.0. The average Bonchev–Trinajstić information content (AvgIpc) is 3.33. The Morgan fingerprint density at radius 3 is 0.789 bits per heavy atom. The van der Waals surface area contributed by atoms with Crippen molar-refractivity contribution in [2.75, 3.05) is 39.6 Å². The summed E-state index contributed by atoms with van der Waals surface area (Å²) < 4.78 is 68.1. The molecule has 90 heavy (non-hydrogen) atoms. The molecule has 17 nitrogen and oxygen atoms in total. The van der Waals surface area contributed by atoms with E-state index >= 15 is 0 Å². The van der Waals surface area contributed by atoms with Crippen LogP contribution in [0, 0.1) is 23.7 Å². The summed E-state index contributed by atoms with van der Waals surface area (Å²) in [5.41, 5.74) is 0. The molecule has 0 amide bonds. The van der Waals surface area contributed by atoms with Gasteiger partial charge in [0.25, 0.3) is 0 Å². The molecule has 0 aliphatic carbocycles. The fourth-order valence-corrected chi connectivity index (χ4v) is 12.2. The summed E-state index contributed by atoms with van der Waals surface area (Å²) in [6.45, 7) is 14.0. The van der Waals surface area contributed by atoms with Crippen molar-refractivity contribution < 1.29 is 80.2 Å². The Labute approximate surface area is 549 Å². The molecular weight excluding hydrogens is 1190 g/mol. The van der Waals surface area contributed by atoms with E-state index in [1.54, 1.807) is 0 Å². The van der Waals surface area contributed by atoms with Gasteiger partial charge in [0.15, 0.2) is 12.2 Å². The maximum absolute atomic E-state index is 13.0. The Morgan fingerprint density at radius 1 is 0.311 bits per heavy atom. The summed E-state index contributed by atoms with van der Waals surface area (Å²) >= 11 is 0. The zero-order chi connectivity index (χ0) is 66.8. The van der Waals surface area contributed by atoms with Gasteiger partial charge in [0, 0.05) is 25.7 Å². The number of aliphatic hydroxyl groups excluding tert-OH is 1. The lowest BCUT2D eigenvalue weighted by Gasteiger charge is -2.21. The molecule has 0 aromatic heterocycles. The van der Waals surface area contributed by atoms with Gasteiger partial charge in [-0.05, 0) is 49.4 Å². The van der Waals surface area contributed by atoms with E-state index in [-0.39, 0.29) is 25.7 Å². The monoisotopic (exact) mass is 1320 g/mol. The molecule has 0 aromatic carbocycles. The van der Waals surface area contributed by atoms with Crippen LogP contribution in [0.2, 0.25) is 0 Å². The highest BCUT2D eigenvalue weighted by Gasteiger charge is 2.30. The number of esters is 4. The van der Waals surface area contributed by atoms with Crippen LogP contribution in [0.3, 0.4) is 0 Å². The topological polar surface area (TPSA) is 237 Å². The van der Waals surface area contributed by atoms with Gasteiger partial charge in [-0.2, -0.15) is 0 Å². The predicted molar refractivity (Wildman–Crippen MR) is 363 cm³/mol. The van der Waals surface area contributed by atoms with Gasteiger partial charge in [-0.1, -0.05) is 299 Å². The molecule has 0 aliphatic heterocycles. The van der Waals surface area contributed by atoms with Crippen LogP contribution < -0.4 is 0 Å². The second-order valence-corrected chi connectivity index (χ2v) is 30.2. The largest absolute Gasteiger partial charge is 0.472 e. The number of carbonyl (C=O) groups is 4. The van der Waals surface area contributed by atoms with Gasteiger partial charge in [-0.15, -0.1) is 0 Å². The SMILES string of the molecule is CCC(C)CCCCCCCCCCCCCCCCCCCCC(=O)OC[C@H](COP(=O)(O)OCC(O)COP(=O)(O)OC[C@@H](COC(=O)CCCCCCCCCC(C)C)OC(=O)CCCCCCCCC(C)C)OC(=O)CCCCCCCCC(C)C. The van der Waals surface area contributed by atoms with Crippen LogP contribution in [0.1, 0.15) is 351 Å². The molecule has 0 heterocycles. The Kier molecular flexibility index (Phi) is 59.4. The number of carbonyl (C=O) groups excluding carboxylic acids is 4. The van der Waals surface area contributed by atoms with Gasteiger partial charge in [0.1, 0.15) is 19.3 Å². The van der Waals surface area contributed by atoms with Crippen molar-refractivity contribution in [1.82, 2.24) is 0 Å². The molecule has 4 unspecified atom stereocenters. The molecule has 0 aliphatic rings. The summed E-state index contributed by atoms with van der Waals surface area (Å²) in [5.74, 6) is 0.778. The Hall–Kier alpha value is -1.94. The highest BCUT2D eigenvalue weighted by Crippen LogP contribution is 2.45. The lowest BCUT2D eigenvalue weighted by atomic mass is 9.99. The minimum atomic E-state index is -4.95. The number of unbranched alkanes of at least 4 members (excludes halogenated alkanes) is 33. The minimum Gasteiger partial charge on any atom is -0.462 e. The quantitative estimate of drug-likeness (QED) is 0.0222. The van der Waals surface area contributed by atoms with Crippen LogP contribution in [0.15, 0.2) is 0 Å². The molecule has 0 fully saturated rings. The number of phosphoric ester groups is 2. The Bertz CT molecular complexity index is 1780. The first-order valence-electron chi connectivity index (χ1n) is 36.7. The lowest BCUT2D eigenvalue weighted by molar-refractivity contribution is -0.161. The zero-order valence-electron chi connectivity index (χ0n) is 58.8. The first kappa shape index (κ1) is 88.1. The van der Waals surface area contributed by atoms with Crippen LogP contribution in [-0.4, -0.2) is 96.7 Å². The molecule has 6 atom stereocenters. The first-order valence-corrected chi connectivity index (χ1v) is 39.7. The van der Waals surface area contributed by atoms with Crippen LogP contribution in [-0.2, 0) is 65.4 Å². The smallest absolute Gasteiger partial charge is 0.462 e. The molecule has 0 saturated heterocycles. The van der Waals surface area contributed by atoms with Gasteiger partial charge in [0.05, 0.1) is 26.4 Å². The molecule has 0 bridgehead atoms. The van der Waals surface area contributed by atoms with Crippen molar-refractivity contribution in [3.05, 3.63) is 0 Å². The second kappa shape index (κ2) is 60.7. The van der Waals surface area contributed by atoms with Gasteiger partial charge in [-0.3, -0.25) is 37.3 Å². The van der Waals surface area contributed by atoms with Crippen LogP contribution in [0.25, 0.3) is 0 Å². The average molecular weight is 1330 g/mol. The molecule has 3 N–H and O–H groups in total. The van der Waals surface area contributed by atoms with E-state index < -0.39 is 97.5 Å². The Morgan fingerprint density at radius 2 is 0.533 bits per heavy atom. The van der Waals surface area contributed by atoms with Crippen molar-refractivity contribution >= 4 is 39.5 Å². The summed E-state index contributed by atoms with van der Waals surface area (Å²) in [6.07, 6.45) is 43.7. The number of hydrogen-bond donors (Lipinski definition) is 3. The van der Waals surface area contributed by atoms with E-state index in [4.69, 9.17) is 37.0 Å². The summed E-state index contributed by atoms with van der Waals surface area (Å²) in [5, 5.41) is 10.6. The van der Waals surface area contributed by atoms with Crippen molar-refractivity contribution in [3.8, 4) is 0 Å². The van der Waals surface area contributed by atoms with E-state index in [1.807, 2.05) is 0 Å². The van der Waals surface area contributed by atoms with Crippen molar-refractivity contribution in [2.24, 2.45) is 23.7 Å². The number of phosphoric acid groups is 2. The van der Waals surface area contributed by atoms with Crippen LogP contribution in [0.4, 0.5) is 0 Å². The molecule has 0 rings (SSSR count). The highest BCUT2D eigenvalue weighted by atomic mass is 31.2. The van der Waals surface area contributed by atoms with Gasteiger partial charge < -0.3 is 33.8 Å². The molecule has 0 radical (unpaired) electrons. The van der Waals surface area contributed by atoms with Crippen LogP contribution in [0.5, 0.6) is 0 Å². The molecule has 19 heteroatoms. The van der Waals surface area contributed by atoms with Crippen molar-refractivity contribution in [1.29, 1.82) is 0 Å². The highest BCUT2D eigenvalue weighted by molar-refractivity contribution is 7.47. The third-order valence-electron chi connectivity index (χ3n) is 16.7. The minimum absolute atomic E-state index is 0.101. The fourth-order valence-electron chi connectivity index (χ4n) is 10.6. The molecular formula is C71H138O17P2. The second-order valence-electron chi connectivity index (χ2n) is 27.3. The molecule has 0 spiro atoms. The van der Waals surface area contributed by atoms with Gasteiger partial charge in [0.2, 0.25) is 0 Å². The lowest BCUT2D eigenvalue weighted by Crippen LogP contribution is -2.30. The summed E-state index contributed by atoms with van der Waals surface area (Å²) in [4.78, 5) is 72.4. The normalized spacial score (nSPS) is 14.6. The number of rotatable bonds is 68. The van der Waals surface area contributed by atoms with Crippen molar-refractivity contribution in [2.45, 2.75) is 369 Å². The number of aliphatic hydroxyl groups is 1. The molecule has 0 saturated carbocycles. The van der Waals surface area contributed by atoms with Crippen molar-refractivity contribution in [3.63, 3.8) is 0 Å². The number of ether oxygens (including phenoxy) is 4. The fraction of sp³-hybridized carbons (Fsp3) is 0.944. The maximum Gasteiger partial charge on any atom is 0.472 e. The van der Waals surface area contributed by atoms with E-state index in [1.165, 1.54) is 148 Å². The molecule has 534 valence electrons. The number of hydrogen-bond acceptors (Lipinski definition) is 15. The standard InChI is InChI=1S/C71H138O17P2/c1-9-64(8)50-42-34-24-20-18-16-14-12-10-11-13-15-17-19-21-25-35-43-51-68(73)81-57-66(87-70(75)53-45-37-29-27-32-40-48-62(4)5)59-85-89(77,78)83-55-65(72)56-84-90(79,80)86-60-67(88-71(76)54-46-38-30-28-33-41-49-63(6)7)58-82-69(74)52-44-36-26-22-23-31-39-47-61(2)3/h61-67,72H,9-60H2,1-8H3,(H,77,78)(H,79,80)/t64?,65?,66-,67-/m1/s1. The van der Waals surface area contributed by atoms with E-state index in [2.05, 4.69) is 55.4 Å². The molecule has 0 aromatic rings. The Balaban J connectivity index is 5.07. The van der Waals surface area contributed by atoms with Gasteiger partial charge >= 0.3 is 39.5 Å². The predicted octanol–water partition coefficient (Wildman–Crippen LogP) is 20.1.